The molecule has 152 valence electrons. The zero-order valence-corrected chi connectivity index (χ0v) is 16.1. The van der Waals surface area contributed by atoms with Crippen molar-refractivity contribution >= 4 is 12.0 Å². The van der Waals surface area contributed by atoms with Gasteiger partial charge in [0.15, 0.2) is 5.75 Å². The lowest BCUT2D eigenvalue weighted by Crippen LogP contribution is -2.48. The maximum absolute atomic E-state index is 13.1. The average Bonchev–Trinajstić information content (AvgIpc) is 3.58. The molecular formula is C22H24FN3O3. The van der Waals surface area contributed by atoms with Crippen LogP contribution in [0.5, 0.6) is 5.75 Å². The quantitative estimate of drug-likeness (QED) is 0.836. The van der Waals surface area contributed by atoms with Gasteiger partial charge in [0.1, 0.15) is 5.82 Å². The van der Waals surface area contributed by atoms with Crippen molar-refractivity contribution in [3.63, 3.8) is 0 Å². The summed E-state index contributed by atoms with van der Waals surface area (Å²) in [5.41, 5.74) is 0.467. The van der Waals surface area contributed by atoms with Crippen molar-refractivity contribution in [3.05, 3.63) is 60.2 Å². The van der Waals surface area contributed by atoms with Gasteiger partial charge in [-0.15, -0.1) is 0 Å². The summed E-state index contributed by atoms with van der Waals surface area (Å²) in [6.45, 7) is 1.19. The SMILES string of the molecule is O=C(NC(C1CC1)C1CCN(C(=O)Oc2cccnc2)CC1)c1ccc(F)cc1. The number of carbonyl (C=O) groups is 2. The van der Waals surface area contributed by atoms with Gasteiger partial charge in [-0.25, -0.2) is 9.18 Å². The summed E-state index contributed by atoms with van der Waals surface area (Å²) in [6.07, 6.45) is 6.62. The highest BCUT2D eigenvalue weighted by atomic mass is 19.1. The van der Waals surface area contributed by atoms with E-state index in [4.69, 9.17) is 4.74 Å². The van der Waals surface area contributed by atoms with Gasteiger partial charge in [0.2, 0.25) is 0 Å². The Labute approximate surface area is 169 Å². The van der Waals surface area contributed by atoms with E-state index in [-0.39, 0.29) is 23.9 Å². The second-order valence-corrected chi connectivity index (χ2v) is 7.72. The van der Waals surface area contributed by atoms with Gasteiger partial charge in [-0.2, -0.15) is 0 Å². The van der Waals surface area contributed by atoms with E-state index in [1.54, 1.807) is 23.2 Å². The molecule has 2 fully saturated rings. The molecule has 1 unspecified atom stereocenters. The standard InChI is InChI=1S/C22H24FN3O3/c23-18-7-5-17(6-8-18)21(27)25-20(15-3-4-15)16-9-12-26(13-10-16)22(28)29-19-2-1-11-24-14-19/h1-2,5-8,11,14-16,20H,3-4,9-10,12-13H2,(H,25,27). The smallest absolute Gasteiger partial charge is 0.409 e. The van der Waals surface area contributed by atoms with Gasteiger partial charge in [-0.05, 0) is 73.9 Å². The third kappa shape index (κ3) is 4.91. The number of benzene rings is 1. The van der Waals surface area contributed by atoms with Gasteiger partial charge in [0.05, 0.1) is 6.20 Å². The number of hydrogen-bond acceptors (Lipinski definition) is 4. The third-order valence-electron chi connectivity index (χ3n) is 5.68. The summed E-state index contributed by atoms with van der Waals surface area (Å²) < 4.78 is 18.5. The number of likely N-dealkylation sites (tertiary alicyclic amines) is 1. The molecule has 6 nitrogen and oxygen atoms in total. The molecule has 2 aromatic rings. The monoisotopic (exact) mass is 397 g/mol. The zero-order valence-electron chi connectivity index (χ0n) is 16.1. The molecule has 2 aliphatic rings. The number of pyridine rings is 1. The number of amides is 2. The van der Waals surface area contributed by atoms with Crippen LogP contribution >= 0.6 is 0 Å². The molecule has 2 heterocycles. The highest BCUT2D eigenvalue weighted by Crippen LogP contribution is 2.39. The molecule has 1 aliphatic heterocycles. The van der Waals surface area contributed by atoms with Crippen molar-refractivity contribution in [2.24, 2.45) is 11.8 Å². The molecule has 0 radical (unpaired) electrons. The predicted molar refractivity (Wildman–Crippen MR) is 105 cm³/mol. The number of aromatic nitrogens is 1. The van der Waals surface area contributed by atoms with Crippen LogP contribution in [0.3, 0.4) is 0 Å². The molecule has 1 saturated carbocycles. The van der Waals surface area contributed by atoms with Crippen LogP contribution in [0.25, 0.3) is 0 Å². The van der Waals surface area contributed by atoms with Crippen molar-refractivity contribution in [1.29, 1.82) is 0 Å². The fraction of sp³-hybridized carbons (Fsp3) is 0.409. The van der Waals surface area contributed by atoms with Gasteiger partial charge in [-0.1, -0.05) is 0 Å². The van der Waals surface area contributed by atoms with Crippen molar-refractivity contribution in [1.82, 2.24) is 15.2 Å². The number of carbonyl (C=O) groups excluding carboxylic acids is 2. The molecule has 0 spiro atoms. The summed E-state index contributed by atoms with van der Waals surface area (Å²) in [4.78, 5) is 30.6. The first kappa shape index (κ1) is 19.4. The Morgan fingerprint density at radius 2 is 1.76 bits per heavy atom. The number of nitrogens with one attached hydrogen (secondary N) is 1. The van der Waals surface area contributed by atoms with Gasteiger partial charge in [-0.3, -0.25) is 9.78 Å². The van der Waals surface area contributed by atoms with Gasteiger partial charge < -0.3 is 15.0 Å². The molecule has 1 saturated heterocycles. The Hall–Kier alpha value is -2.96. The lowest BCUT2D eigenvalue weighted by atomic mass is 9.86. The predicted octanol–water partition coefficient (Wildman–Crippen LogP) is 3.64. The first-order valence-electron chi connectivity index (χ1n) is 10.0. The fourth-order valence-corrected chi connectivity index (χ4v) is 3.93. The molecule has 1 atom stereocenters. The van der Waals surface area contributed by atoms with E-state index < -0.39 is 0 Å². The van der Waals surface area contributed by atoms with Gasteiger partial charge >= 0.3 is 6.09 Å². The topological polar surface area (TPSA) is 71.5 Å². The van der Waals surface area contributed by atoms with E-state index in [2.05, 4.69) is 10.3 Å². The Morgan fingerprint density at radius 1 is 1.07 bits per heavy atom. The third-order valence-corrected chi connectivity index (χ3v) is 5.68. The second kappa shape index (κ2) is 8.59. The Balaban J connectivity index is 1.32. The van der Waals surface area contributed by atoms with E-state index in [0.29, 0.717) is 36.2 Å². The van der Waals surface area contributed by atoms with Crippen LogP contribution in [-0.4, -0.2) is 41.0 Å². The highest BCUT2D eigenvalue weighted by molar-refractivity contribution is 5.94. The Morgan fingerprint density at radius 3 is 2.38 bits per heavy atom. The van der Waals surface area contributed by atoms with Crippen LogP contribution in [0.1, 0.15) is 36.0 Å². The summed E-state index contributed by atoms with van der Waals surface area (Å²) in [5, 5.41) is 3.16. The minimum atomic E-state index is -0.366. The number of halogens is 1. The molecule has 1 aliphatic carbocycles. The Bertz CT molecular complexity index is 847. The second-order valence-electron chi connectivity index (χ2n) is 7.72. The molecule has 1 N–H and O–H groups in total. The number of hydrogen-bond donors (Lipinski definition) is 1. The van der Waals surface area contributed by atoms with E-state index in [9.17, 15) is 14.0 Å². The number of piperidine rings is 1. The first-order chi connectivity index (χ1) is 14.1. The number of ether oxygens (including phenoxy) is 1. The molecule has 2 amide bonds. The van der Waals surface area contributed by atoms with Gasteiger partial charge in [0.25, 0.3) is 5.91 Å². The lowest BCUT2D eigenvalue weighted by molar-refractivity contribution is 0.0871. The van der Waals surface area contributed by atoms with Gasteiger partial charge in [0, 0.05) is 30.9 Å². The maximum Gasteiger partial charge on any atom is 0.415 e. The Kier molecular flexibility index (Phi) is 5.74. The molecule has 4 rings (SSSR count). The van der Waals surface area contributed by atoms with Crippen LogP contribution in [0.15, 0.2) is 48.8 Å². The van der Waals surface area contributed by atoms with Crippen molar-refractivity contribution < 1.29 is 18.7 Å². The fourth-order valence-electron chi connectivity index (χ4n) is 3.93. The van der Waals surface area contributed by atoms with Crippen LogP contribution in [0.4, 0.5) is 9.18 Å². The average molecular weight is 397 g/mol. The molecular weight excluding hydrogens is 373 g/mol. The first-order valence-corrected chi connectivity index (χ1v) is 10.0. The highest BCUT2D eigenvalue weighted by Gasteiger charge is 2.39. The van der Waals surface area contributed by atoms with E-state index >= 15 is 0 Å². The summed E-state index contributed by atoms with van der Waals surface area (Å²) >= 11 is 0. The van der Waals surface area contributed by atoms with Crippen LogP contribution in [-0.2, 0) is 0 Å². The maximum atomic E-state index is 13.1. The summed E-state index contributed by atoms with van der Waals surface area (Å²) in [6, 6.07) is 9.12. The van der Waals surface area contributed by atoms with E-state index in [0.717, 1.165) is 25.7 Å². The van der Waals surface area contributed by atoms with Crippen LogP contribution in [0, 0.1) is 17.7 Å². The minimum absolute atomic E-state index is 0.0871. The van der Waals surface area contributed by atoms with Crippen molar-refractivity contribution in [3.8, 4) is 5.75 Å². The van der Waals surface area contributed by atoms with Crippen molar-refractivity contribution in [2.75, 3.05) is 13.1 Å². The van der Waals surface area contributed by atoms with Crippen LogP contribution in [0.2, 0.25) is 0 Å². The molecule has 1 aromatic heterocycles. The largest absolute Gasteiger partial charge is 0.415 e. The zero-order chi connectivity index (χ0) is 20.2. The van der Waals surface area contributed by atoms with E-state index in [1.165, 1.54) is 30.5 Å². The normalized spacial score (nSPS) is 18.2. The van der Waals surface area contributed by atoms with E-state index in [1.807, 2.05) is 0 Å². The number of nitrogens with zero attached hydrogens (tertiary/aromatic N) is 2. The minimum Gasteiger partial charge on any atom is -0.409 e. The molecule has 1 aromatic carbocycles. The molecule has 0 bridgehead atoms. The molecule has 29 heavy (non-hydrogen) atoms. The molecule has 7 heteroatoms. The summed E-state index contributed by atoms with van der Waals surface area (Å²) in [5.74, 6) is 0.709. The number of rotatable bonds is 5. The summed E-state index contributed by atoms with van der Waals surface area (Å²) in [7, 11) is 0. The lowest BCUT2D eigenvalue weighted by Gasteiger charge is -2.36. The van der Waals surface area contributed by atoms with Crippen LogP contribution < -0.4 is 10.1 Å². The van der Waals surface area contributed by atoms with Crippen molar-refractivity contribution in [2.45, 2.75) is 31.7 Å².